The second-order valence-electron chi connectivity index (χ2n) is 8.95. The summed E-state index contributed by atoms with van der Waals surface area (Å²) in [7, 11) is 4.01. The highest BCUT2D eigenvalue weighted by Gasteiger charge is 2.21. The first-order valence-corrected chi connectivity index (χ1v) is 13.0. The molecule has 7 heteroatoms. The lowest BCUT2D eigenvalue weighted by molar-refractivity contribution is 0.635. The first kappa shape index (κ1) is 25.9. The molecule has 0 radical (unpaired) electrons. The Morgan fingerprint density at radius 1 is 0.757 bits per heavy atom. The molecule has 4 aromatic rings. The number of benzene rings is 2. The zero-order valence-electron chi connectivity index (χ0n) is 22.3. The van der Waals surface area contributed by atoms with Crippen LogP contribution in [0.15, 0.2) is 85.1 Å². The number of nitrogens with one attached hydrogen (secondary N) is 1. The molecule has 1 saturated heterocycles. The zero-order chi connectivity index (χ0) is 26.0. The quantitative estimate of drug-likeness (QED) is 0.357. The van der Waals surface area contributed by atoms with Crippen LogP contribution in [0.4, 0.5) is 29.1 Å². The highest BCUT2D eigenvalue weighted by atomic mass is 15.3. The summed E-state index contributed by atoms with van der Waals surface area (Å²) in [5, 5.41) is 3.48. The number of nitrogens with zero attached hydrogens (tertiary/aromatic N) is 6. The van der Waals surface area contributed by atoms with Gasteiger partial charge in [0, 0.05) is 58.2 Å². The van der Waals surface area contributed by atoms with Crippen LogP contribution in [-0.2, 0) is 6.42 Å². The predicted octanol–water partition coefficient (Wildman–Crippen LogP) is 5.62. The minimum Gasteiger partial charge on any atom is -0.363 e. The summed E-state index contributed by atoms with van der Waals surface area (Å²) in [5.41, 5.74) is 3.61. The van der Waals surface area contributed by atoms with Gasteiger partial charge in [-0.3, -0.25) is 0 Å². The molecule has 1 aliphatic heterocycles. The molecule has 0 spiro atoms. The van der Waals surface area contributed by atoms with Crippen molar-refractivity contribution in [2.24, 2.45) is 0 Å². The van der Waals surface area contributed by atoms with Gasteiger partial charge in [0.15, 0.2) is 0 Å². The summed E-state index contributed by atoms with van der Waals surface area (Å²) in [6.45, 7) is 7.47. The zero-order valence-corrected chi connectivity index (χ0v) is 22.3. The normalized spacial score (nSPS) is 13.0. The van der Waals surface area contributed by atoms with E-state index in [2.05, 4.69) is 80.8 Å². The van der Waals surface area contributed by atoms with Crippen molar-refractivity contribution in [2.75, 3.05) is 60.3 Å². The van der Waals surface area contributed by atoms with E-state index in [-0.39, 0.29) is 0 Å². The average Bonchev–Trinajstić information content (AvgIpc) is 2.96. The van der Waals surface area contributed by atoms with Gasteiger partial charge in [-0.25, -0.2) is 4.98 Å². The van der Waals surface area contributed by atoms with Crippen LogP contribution in [0.5, 0.6) is 0 Å². The molecule has 0 unspecified atom stereocenters. The van der Waals surface area contributed by atoms with Crippen molar-refractivity contribution in [3.05, 3.63) is 96.2 Å². The Morgan fingerprint density at radius 2 is 1.41 bits per heavy atom. The maximum absolute atomic E-state index is 4.87. The summed E-state index contributed by atoms with van der Waals surface area (Å²) in [4.78, 5) is 20.8. The van der Waals surface area contributed by atoms with Crippen LogP contribution in [0.2, 0.25) is 0 Å². The summed E-state index contributed by atoms with van der Waals surface area (Å²) in [6, 6.07) is 27.1. The van der Waals surface area contributed by atoms with E-state index in [9.17, 15) is 0 Å². The summed E-state index contributed by atoms with van der Waals surface area (Å²) >= 11 is 0. The smallest absolute Gasteiger partial charge is 0.229 e. The third-order valence-corrected chi connectivity index (χ3v) is 6.17. The molecule has 0 saturated carbocycles. The van der Waals surface area contributed by atoms with Crippen LogP contribution in [0.25, 0.3) is 0 Å². The monoisotopic (exact) mass is 495 g/mol. The van der Waals surface area contributed by atoms with Gasteiger partial charge in [-0.1, -0.05) is 62.4 Å². The van der Waals surface area contributed by atoms with Crippen molar-refractivity contribution in [3.8, 4) is 0 Å². The molecular weight excluding hydrogens is 458 g/mol. The second kappa shape index (κ2) is 12.7. The molecule has 1 aliphatic rings. The number of hydrogen-bond acceptors (Lipinski definition) is 7. The second-order valence-corrected chi connectivity index (χ2v) is 8.95. The summed E-state index contributed by atoms with van der Waals surface area (Å²) in [5.74, 6) is 3.44. The summed E-state index contributed by atoms with van der Waals surface area (Å²) in [6.07, 6.45) is 2.77. The SMILES string of the molecule is CC.CN(C)c1cc(Nc2ccc(Cc3ccccc3)cc2)nc(N2CCN(c3ccccn3)CC2)n1. The number of aromatic nitrogens is 3. The first-order valence-electron chi connectivity index (χ1n) is 13.0. The van der Waals surface area contributed by atoms with Crippen LogP contribution in [0.3, 0.4) is 0 Å². The van der Waals surface area contributed by atoms with E-state index in [0.717, 1.165) is 61.7 Å². The van der Waals surface area contributed by atoms with Crippen molar-refractivity contribution in [2.45, 2.75) is 20.3 Å². The topological polar surface area (TPSA) is 60.4 Å². The fourth-order valence-electron chi connectivity index (χ4n) is 4.22. The van der Waals surface area contributed by atoms with Crippen molar-refractivity contribution in [1.29, 1.82) is 0 Å². The van der Waals surface area contributed by atoms with Gasteiger partial charge >= 0.3 is 0 Å². The predicted molar refractivity (Wildman–Crippen MR) is 155 cm³/mol. The largest absolute Gasteiger partial charge is 0.363 e. The van der Waals surface area contributed by atoms with Crippen LogP contribution in [-0.4, -0.2) is 55.2 Å². The Hall–Kier alpha value is -4.13. The highest BCUT2D eigenvalue weighted by molar-refractivity contribution is 5.62. The molecular formula is C30H37N7. The van der Waals surface area contributed by atoms with Gasteiger partial charge in [0.2, 0.25) is 5.95 Å². The van der Waals surface area contributed by atoms with E-state index < -0.39 is 0 Å². The lowest BCUT2D eigenvalue weighted by Gasteiger charge is -2.35. The molecule has 0 atom stereocenters. The number of hydrogen-bond donors (Lipinski definition) is 1. The van der Waals surface area contributed by atoms with Gasteiger partial charge in [0.05, 0.1) is 0 Å². The fraction of sp³-hybridized carbons (Fsp3) is 0.300. The number of piperazine rings is 1. The van der Waals surface area contributed by atoms with Gasteiger partial charge < -0.3 is 20.0 Å². The molecule has 0 amide bonds. The Labute approximate surface area is 220 Å². The first-order chi connectivity index (χ1) is 18.1. The molecule has 2 aromatic carbocycles. The van der Waals surface area contributed by atoms with Crippen LogP contribution in [0, 0.1) is 0 Å². The van der Waals surface area contributed by atoms with Crippen LogP contribution in [0.1, 0.15) is 25.0 Å². The molecule has 0 aliphatic carbocycles. The molecule has 5 rings (SSSR count). The average molecular weight is 496 g/mol. The molecule has 7 nitrogen and oxygen atoms in total. The van der Waals surface area contributed by atoms with Crippen LogP contribution < -0.4 is 20.0 Å². The number of pyridine rings is 1. The standard InChI is InChI=1S/C28H31N7.C2H6/c1-33(2)27-21-25(30-24-13-11-23(12-14-24)20-22-8-4-3-5-9-22)31-28(32-27)35-18-16-34(17-19-35)26-10-6-7-15-29-26;1-2/h3-15,21H,16-20H2,1-2H3,(H,30,31,32);1-2H3. The van der Waals surface area contributed by atoms with E-state index in [1.165, 1.54) is 11.1 Å². The molecule has 2 aromatic heterocycles. The molecule has 1 fully saturated rings. The Bertz CT molecular complexity index is 1220. The van der Waals surface area contributed by atoms with Crippen LogP contribution >= 0.6 is 0 Å². The minimum absolute atomic E-state index is 0.750. The van der Waals surface area contributed by atoms with E-state index in [4.69, 9.17) is 9.97 Å². The summed E-state index contributed by atoms with van der Waals surface area (Å²) < 4.78 is 0. The molecule has 0 bridgehead atoms. The molecule has 192 valence electrons. The van der Waals surface area contributed by atoms with Crippen molar-refractivity contribution >= 4 is 29.1 Å². The number of anilines is 5. The Kier molecular flexibility index (Phi) is 8.92. The Balaban J connectivity index is 0.00000156. The lowest BCUT2D eigenvalue weighted by atomic mass is 10.0. The lowest BCUT2D eigenvalue weighted by Crippen LogP contribution is -2.47. The molecule has 37 heavy (non-hydrogen) atoms. The van der Waals surface area contributed by atoms with Crippen molar-refractivity contribution in [1.82, 2.24) is 15.0 Å². The number of rotatable bonds is 7. The van der Waals surface area contributed by atoms with Crippen molar-refractivity contribution < 1.29 is 0 Å². The maximum atomic E-state index is 4.87. The van der Waals surface area contributed by atoms with Gasteiger partial charge in [-0.15, -0.1) is 0 Å². The third-order valence-electron chi connectivity index (χ3n) is 6.17. The third kappa shape index (κ3) is 6.97. The maximum Gasteiger partial charge on any atom is 0.229 e. The van der Waals surface area contributed by atoms with Gasteiger partial charge in [-0.2, -0.15) is 9.97 Å². The van der Waals surface area contributed by atoms with E-state index in [1.54, 1.807) is 0 Å². The van der Waals surface area contributed by atoms with E-state index in [0.29, 0.717) is 0 Å². The van der Waals surface area contributed by atoms with E-state index >= 15 is 0 Å². The molecule has 3 heterocycles. The van der Waals surface area contributed by atoms with Crippen molar-refractivity contribution in [3.63, 3.8) is 0 Å². The van der Waals surface area contributed by atoms with E-state index in [1.807, 2.05) is 57.2 Å². The minimum atomic E-state index is 0.750. The Morgan fingerprint density at radius 3 is 2.05 bits per heavy atom. The fourth-order valence-corrected chi connectivity index (χ4v) is 4.22. The molecule has 1 N–H and O–H groups in total. The van der Waals surface area contributed by atoms with Gasteiger partial charge in [-0.05, 0) is 41.8 Å². The highest BCUT2D eigenvalue weighted by Crippen LogP contribution is 2.24. The van der Waals surface area contributed by atoms with Gasteiger partial charge in [0.25, 0.3) is 0 Å². The van der Waals surface area contributed by atoms with Gasteiger partial charge in [0.1, 0.15) is 17.5 Å².